The summed E-state index contributed by atoms with van der Waals surface area (Å²) in [7, 11) is 0. The molecule has 12 rings (SSSR count). The van der Waals surface area contributed by atoms with E-state index < -0.39 is 0 Å². The molecule has 0 aliphatic carbocycles. The van der Waals surface area contributed by atoms with Gasteiger partial charge in [0.2, 0.25) is 0 Å². The fourth-order valence-electron chi connectivity index (χ4n) is 10.2. The molecule has 0 heterocycles. The van der Waals surface area contributed by atoms with E-state index in [1.54, 1.807) is 0 Å². The Morgan fingerprint density at radius 2 is 0.324 bits per heavy atom. The van der Waals surface area contributed by atoms with Gasteiger partial charge in [-0.1, -0.05) is 243 Å². The first-order valence-corrected chi connectivity index (χ1v) is 25.3. The Hall–Kier alpha value is -9.76. The van der Waals surface area contributed by atoms with Crippen molar-refractivity contribution in [2.45, 2.75) is 0 Å². The first-order valence-electron chi connectivity index (χ1n) is 25.3. The van der Waals surface area contributed by atoms with Gasteiger partial charge in [-0.3, -0.25) is 0 Å². The zero-order valence-electron chi connectivity index (χ0n) is 40.9. The van der Waals surface area contributed by atoms with Gasteiger partial charge in [-0.15, -0.1) is 0 Å². The molecule has 0 saturated carbocycles. The second-order valence-corrected chi connectivity index (χ2v) is 18.5. The highest BCUT2D eigenvalue weighted by Crippen LogP contribution is 2.45. The number of hydrogen-bond donors (Lipinski definition) is 0. The Bertz CT molecular complexity index is 3540. The van der Waals surface area contributed by atoms with Crippen LogP contribution in [0.25, 0.3) is 77.9 Å². The maximum atomic E-state index is 2.40. The minimum Gasteiger partial charge on any atom is -0.311 e. The maximum Gasteiger partial charge on any atom is 0.0468 e. The Balaban J connectivity index is 0.932. The van der Waals surface area contributed by atoms with Gasteiger partial charge in [0.25, 0.3) is 0 Å². The van der Waals surface area contributed by atoms with Crippen molar-refractivity contribution in [3.63, 3.8) is 0 Å². The number of nitrogens with zero attached hydrogens (tertiary/aromatic N) is 2. The lowest BCUT2D eigenvalue weighted by atomic mass is 9.92. The molecule has 0 unspecified atom stereocenters. The Morgan fingerprint density at radius 1 is 0.135 bits per heavy atom. The summed E-state index contributed by atoms with van der Waals surface area (Å²) in [6.07, 6.45) is 0. The zero-order valence-corrected chi connectivity index (χ0v) is 40.9. The van der Waals surface area contributed by atoms with Crippen molar-refractivity contribution in [2.75, 3.05) is 9.80 Å². The highest BCUT2D eigenvalue weighted by molar-refractivity contribution is 5.92. The molecule has 0 atom stereocenters. The smallest absolute Gasteiger partial charge is 0.0468 e. The Labute approximate surface area is 435 Å². The van der Waals surface area contributed by atoms with Gasteiger partial charge in [0.1, 0.15) is 0 Å². The van der Waals surface area contributed by atoms with E-state index in [1.807, 2.05) is 0 Å². The molecule has 12 aromatic carbocycles. The molecule has 0 amide bonds. The Morgan fingerprint density at radius 3 is 0.581 bits per heavy atom. The molecular formula is C72H52N2. The maximum absolute atomic E-state index is 2.40. The molecule has 0 fully saturated rings. The summed E-state index contributed by atoms with van der Waals surface area (Å²) >= 11 is 0. The molecule has 0 spiro atoms. The van der Waals surface area contributed by atoms with Crippen molar-refractivity contribution in [3.8, 4) is 77.9 Å². The monoisotopic (exact) mass is 944 g/mol. The summed E-state index contributed by atoms with van der Waals surface area (Å²) < 4.78 is 0. The molecule has 0 aliphatic heterocycles. The highest BCUT2D eigenvalue weighted by atomic mass is 15.1. The van der Waals surface area contributed by atoms with Gasteiger partial charge >= 0.3 is 0 Å². The van der Waals surface area contributed by atoms with Crippen LogP contribution in [0.1, 0.15) is 0 Å². The van der Waals surface area contributed by atoms with Crippen LogP contribution in [-0.2, 0) is 0 Å². The number of anilines is 6. The van der Waals surface area contributed by atoms with Crippen molar-refractivity contribution < 1.29 is 0 Å². The number of benzene rings is 12. The van der Waals surface area contributed by atoms with E-state index in [9.17, 15) is 0 Å². The standard InChI is InChI=1S/C72H52N2/c1-7-19-53(20-8-1)55-31-39-63(40-32-55)73(64-41-33-56(34-42-64)54-21-9-2-10-22-54)65-43-35-57(36-44-65)58-37-45-66(46-38-58)74(67-47-49-69(59-23-11-3-12-24-59)71(51-67)61-27-15-5-16-28-61)68-48-50-70(60-25-13-4-14-26-60)72(52-68)62-29-17-6-18-30-62/h1-52H. The van der Waals surface area contributed by atoms with Gasteiger partial charge < -0.3 is 9.80 Å². The third-order valence-electron chi connectivity index (χ3n) is 13.9. The molecule has 2 heteroatoms. The van der Waals surface area contributed by atoms with E-state index >= 15 is 0 Å². The molecule has 0 bridgehead atoms. The first-order chi connectivity index (χ1) is 36.7. The summed E-state index contributed by atoms with van der Waals surface area (Å²) in [6.45, 7) is 0. The number of rotatable bonds is 13. The lowest BCUT2D eigenvalue weighted by Crippen LogP contribution is -2.11. The van der Waals surface area contributed by atoms with Crippen LogP contribution in [0.3, 0.4) is 0 Å². The second kappa shape index (κ2) is 20.9. The van der Waals surface area contributed by atoms with Crippen LogP contribution in [-0.4, -0.2) is 0 Å². The van der Waals surface area contributed by atoms with Crippen LogP contribution in [0.2, 0.25) is 0 Å². The fourth-order valence-corrected chi connectivity index (χ4v) is 10.2. The predicted octanol–water partition coefficient (Wildman–Crippen LogP) is 20.3. The second-order valence-electron chi connectivity index (χ2n) is 18.5. The molecule has 350 valence electrons. The molecular weight excluding hydrogens is 893 g/mol. The van der Waals surface area contributed by atoms with Crippen LogP contribution in [0.4, 0.5) is 34.1 Å². The van der Waals surface area contributed by atoms with Crippen LogP contribution in [0.5, 0.6) is 0 Å². The van der Waals surface area contributed by atoms with E-state index in [0.29, 0.717) is 0 Å². The Kier molecular flexibility index (Phi) is 12.8. The summed E-state index contributed by atoms with van der Waals surface area (Å²) in [4.78, 5) is 4.74. The van der Waals surface area contributed by atoms with Gasteiger partial charge in [0.05, 0.1) is 0 Å². The first kappa shape index (κ1) is 45.4. The molecule has 0 N–H and O–H groups in total. The largest absolute Gasteiger partial charge is 0.311 e. The quantitative estimate of drug-likeness (QED) is 0.114. The van der Waals surface area contributed by atoms with Gasteiger partial charge in [0.15, 0.2) is 0 Å². The van der Waals surface area contributed by atoms with Crippen molar-refractivity contribution in [1.82, 2.24) is 0 Å². The third-order valence-corrected chi connectivity index (χ3v) is 13.9. The molecule has 0 aliphatic rings. The zero-order chi connectivity index (χ0) is 49.5. The van der Waals surface area contributed by atoms with Crippen molar-refractivity contribution in [2.24, 2.45) is 0 Å². The average molecular weight is 945 g/mol. The van der Waals surface area contributed by atoms with Gasteiger partial charge in [-0.2, -0.15) is 0 Å². The molecule has 2 nitrogen and oxygen atoms in total. The third kappa shape index (κ3) is 9.56. The minimum atomic E-state index is 1.06. The van der Waals surface area contributed by atoms with E-state index in [-0.39, 0.29) is 0 Å². The summed E-state index contributed by atoms with van der Waals surface area (Å²) in [5.41, 5.74) is 23.0. The van der Waals surface area contributed by atoms with Crippen LogP contribution in [0.15, 0.2) is 315 Å². The van der Waals surface area contributed by atoms with Crippen molar-refractivity contribution in [3.05, 3.63) is 315 Å². The molecule has 0 aromatic heterocycles. The number of hydrogen-bond acceptors (Lipinski definition) is 2. The van der Waals surface area contributed by atoms with E-state index in [1.165, 1.54) is 66.8 Å². The van der Waals surface area contributed by atoms with Crippen molar-refractivity contribution in [1.29, 1.82) is 0 Å². The van der Waals surface area contributed by atoms with Crippen LogP contribution < -0.4 is 9.80 Å². The van der Waals surface area contributed by atoms with E-state index in [2.05, 4.69) is 325 Å². The van der Waals surface area contributed by atoms with E-state index in [0.717, 1.165) is 45.3 Å². The molecule has 0 radical (unpaired) electrons. The van der Waals surface area contributed by atoms with Gasteiger partial charge in [-0.05, 0) is 151 Å². The lowest BCUT2D eigenvalue weighted by Gasteiger charge is -2.28. The highest BCUT2D eigenvalue weighted by Gasteiger charge is 2.20. The lowest BCUT2D eigenvalue weighted by molar-refractivity contribution is 1.28. The SMILES string of the molecule is c1ccc(-c2ccc(N(c3ccc(-c4ccccc4)cc3)c3ccc(-c4ccc(N(c5ccc(-c6ccccc6)c(-c6ccccc6)c5)c5ccc(-c6ccccc6)c(-c6ccccc6)c5)cc4)cc3)cc2)cc1. The summed E-state index contributed by atoms with van der Waals surface area (Å²) in [5.74, 6) is 0. The van der Waals surface area contributed by atoms with Crippen LogP contribution in [0, 0.1) is 0 Å². The van der Waals surface area contributed by atoms with Gasteiger partial charge in [-0.25, -0.2) is 0 Å². The fraction of sp³-hybridized carbons (Fsp3) is 0. The average Bonchev–Trinajstić information content (AvgIpc) is 3.49. The molecule has 12 aromatic rings. The predicted molar refractivity (Wildman–Crippen MR) is 314 cm³/mol. The summed E-state index contributed by atoms with van der Waals surface area (Å²) in [6, 6.07) is 114. The van der Waals surface area contributed by atoms with E-state index in [4.69, 9.17) is 0 Å². The van der Waals surface area contributed by atoms with Crippen LogP contribution >= 0.6 is 0 Å². The molecule has 0 saturated heterocycles. The minimum absolute atomic E-state index is 1.06. The van der Waals surface area contributed by atoms with Gasteiger partial charge in [0, 0.05) is 34.1 Å². The topological polar surface area (TPSA) is 6.48 Å². The van der Waals surface area contributed by atoms with Crippen molar-refractivity contribution >= 4 is 34.1 Å². The normalized spacial score (nSPS) is 11.0. The molecule has 74 heavy (non-hydrogen) atoms. The summed E-state index contributed by atoms with van der Waals surface area (Å²) in [5, 5.41) is 0.